The second-order valence-corrected chi connectivity index (χ2v) is 3.52. The monoisotopic (exact) mass is 203 g/mol. The normalized spacial score (nSPS) is 31.6. The Morgan fingerprint density at radius 3 is 2.57 bits per heavy atom. The number of esters is 1. The quantitative estimate of drug-likeness (QED) is 0.569. The highest BCUT2D eigenvalue weighted by atomic mass is 16.5. The van der Waals surface area contributed by atoms with Crippen molar-refractivity contribution in [2.45, 2.75) is 25.0 Å². The van der Waals surface area contributed by atoms with E-state index in [1.165, 1.54) is 14.0 Å². The Balaban J connectivity index is 2.94. The van der Waals surface area contributed by atoms with Crippen molar-refractivity contribution < 1.29 is 24.5 Å². The third-order valence-electron chi connectivity index (χ3n) is 2.48. The Morgan fingerprint density at radius 1 is 1.57 bits per heavy atom. The smallest absolute Gasteiger partial charge is 0.408 e. The van der Waals surface area contributed by atoms with E-state index in [-0.39, 0.29) is 13.0 Å². The number of aliphatic hydroxyl groups is 1. The number of ether oxygens (including phenoxy) is 1. The molecule has 1 aliphatic rings. The lowest BCUT2D eigenvalue weighted by Crippen LogP contribution is -2.50. The summed E-state index contributed by atoms with van der Waals surface area (Å²) in [6, 6.07) is 0. The molecule has 1 rings (SSSR count). The second kappa shape index (κ2) is 3.45. The number of nitrogens with zero attached hydrogens (tertiary/aromatic N) is 1. The fourth-order valence-corrected chi connectivity index (χ4v) is 1.75. The fourth-order valence-electron chi connectivity index (χ4n) is 1.75. The number of aliphatic hydroxyl groups excluding tert-OH is 1. The first-order chi connectivity index (χ1) is 6.41. The second-order valence-electron chi connectivity index (χ2n) is 3.52. The van der Waals surface area contributed by atoms with Crippen LogP contribution in [0.3, 0.4) is 0 Å². The zero-order chi connectivity index (χ0) is 10.9. The first-order valence-electron chi connectivity index (χ1n) is 4.19. The molecule has 1 amide bonds. The van der Waals surface area contributed by atoms with Crippen LogP contribution in [0.5, 0.6) is 0 Å². The lowest BCUT2D eigenvalue weighted by molar-refractivity contribution is -0.151. The lowest BCUT2D eigenvalue weighted by Gasteiger charge is -2.29. The zero-order valence-corrected chi connectivity index (χ0v) is 8.06. The van der Waals surface area contributed by atoms with E-state index in [4.69, 9.17) is 5.11 Å². The Labute approximate surface area is 81.1 Å². The number of likely N-dealkylation sites (tertiary alicyclic amines) is 1. The SMILES string of the molecule is COC(=O)C1(C)CC(O)CN1C(=O)O. The number of amides is 1. The Bertz CT molecular complexity index is 266. The van der Waals surface area contributed by atoms with E-state index in [2.05, 4.69) is 4.74 Å². The Morgan fingerprint density at radius 2 is 2.14 bits per heavy atom. The third kappa shape index (κ3) is 1.52. The van der Waals surface area contributed by atoms with Crippen LogP contribution in [0.1, 0.15) is 13.3 Å². The maximum atomic E-state index is 11.4. The van der Waals surface area contributed by atoms with Crippen molar-refractivity contribution in [3.63, 3.8) is 0 Å². The summed E-state index contributed by atoms with van der Waals surface area (Å²) in [5.41, 5.74) is -1.26. The Hall–Kier alpha value is -1.30. The minimum atomic E-state index is -1.26. The van der Waals surface area contributed by atoms with E-state index in [1.54, 1.807) is 0 Å². The van der Waals surface area contributed by atoms with E-state index >= 15 is 0 Å². The third-order valence-corrected chi connectivity index (χ3v) is 2.48. The highest BCUT2D eigenvalue weighted by Crippen LogP contribution is 2.30. The average molecular weight is 203 g/mol. The van der Waals surface area contributed by atoms with Crippen LogP contribution in [0.15, 0.2) is 0 Å². The molecule has 2 atom stereocenters. The van der Waals surface area contributed by atoms with Gasteiger partial charge in [-0.3, -0.25) is 4.90 Å². The van der Waals surface area contributed by atoms with E-state index in [0.717, 1.165) is 4.90 Å². The maximum Gasteiger partial charge on any atom is 0.408 e. The molecule has 0 aromatic rings. The minimum absolute atomic E-state index is 0.0546. The van der Waals surface area contributed by atoms with Gasteiger partial charge < -0.3 is 14.9 Å². The van der Waals surface area contributed by atoms with Crippen LogP contribution in [0, 0.1) is 0 Å². The molecule has 6 heteroatoms. The van der Waals surface area contributed by atoms with Gasteiger partial charge in [0.15, 0.2) is 0 Å². The van der Waals surface area contributed by atoms with Crippen molar-refractivity contribution in [3.8, 4) is 0 Å². The lowest BCUT2D eigenvalue weighted by atomic mass is 9.99. The van der Waals surface area contributed by atoms with Gasteiger partial charge in [0.1, 0.15) is 5.54 Å². The molecule has 0 bridgehead atoms. The van der Waals surface area contributed by atoms with Gasteiger partial charge in [-0.15, -0.1) is 0 Å². The number of hydrogen-bond acceptors (Lipinski definition) is 4. The fraction of sp³-hybridized carbons (Fsp3) is 0.750. The van der Waals surface area contributed by atoms with Crippen LogP contribution >= 0.6 is 0 Å². The molecule has 80 valence electrons. The van der Waals surface area contributed by atoms with Gasteiger partial charge in [0.2, 0.25) is 0 Å². The zero-order valence-electron chi connectivity index (χ0n) is 8.06. The molecule has 0 saturated carbocycles. The van der Waals surface area contributed by atoms with Crippen LogP contribution in [-0.2, 0) is 9.53 Å². The van der Waals surface area contributed by atoms with Crippen molar-refractivity contribution in [2.24, 2.45) is 0 Å². The summed E-state index contributed by atoms with van der Waals surface area (Å²) in [6.45, 7) is 1.39. The van der Waals surface area contributed by atoms with E-state index in [9.17, 15) is 14.7 Å². The maximum absolute atomic E-state index is 11.4. The molecule has 2 unspecified atom stereocenters. The highest BCUT2D eigenvalue weighted by Gasteiger charge is 2.50. The van der Waals surface area contributed by atoms with Crippen LogP contribution in [0.4, 0.5) is 4.79 Å². The number of methoxy groups -OCH3 is 1. The van der Waals surface area contributed by atoms with Gasteiger partial charge in [-0.2, -0.15) is 0 Å². The van der Waals surface area contributed by atoms with Gasteiger partial charge >= 0.3 is 12.1 Å². The number of rotatable bonds is 1. The molecule has 1 aliphatic heterocycles. The predicted octanol–water partition coefficient (Wildman–Crippen LogP) is -0.337. The van der Waals surface area contributed by atoms with Crippen molar-refractivity contribution in [1.82, 2.24) is 4.90 Å². The van der Waals surface area contributed by atoms with Crippen LogP contribution < -0.4 is 0 Å². The number of β-amino-alcohol motifs (C(OH)–C–C–N with tert-alkyl or cyclic N) is 1. The minimum Gasteiger partial charge on any atom is -0.467 e. The summed E-state index contributed by atoms with van der Waals surface area (Å²) in [7, 11) is 1.19. The van der Waals surface area contributed by atoms with Gasteiger partial charge in [0, 0.05) is 6.42 Å². The van der Waals surface area contributed by atoms with E-state index in [1.807, 2.05) is 0 Å². The number of carbonyl (C=O) groups excluding carboxylic acids is 1. The van der Waals surface area contributed by atoms with Crippen LogP contribution in [-0.4, -0.2) is 52.5 Å². The highest BCUT2D eigenvalue weighted by molar-refractivity contribution is 5.85. The molecular formula is C8H13NO5. The number of carbonyl (C=O) groups is 2. The predicted molar refractivity (Wildman–Crippen MR) is 45.8 cm³/mol. The first-order valence-corrected chi connectivity index (χ1v) is 4.19. The first kappa shape index (κ1) is 10.8. The van der Waals surface area contributed by atoms with Gasteiger partial charge in [-0.05, 0) is 6.92 Å². The summed E-state index contributed by atoms with van der Waals surface area (Å²) in [5.74, 6) is -0.642. The largest absolute Gasteiger partial charge is 0.467 e. The van der Waals surface area contributed by atoms with Gasteiger partial charge in [-0.1, -0.05) is 0 Å². The average Bonchev–Trinajstić information content (AvgIpc) is 2.41. The summed E-state index contributed by atoms with van der Waals surface area (Å²) in [6.07, 6.45) is -1.96. The summed E-state index contributed by atoms with van der Waals surface area (Å²) in [4.78, 5) is 23.1. The standard InChI is InChI=1S/C8H13NO5/c1-8(6(11)14-2)3-5(10)4-9(8)7(12)13/h5,10H,3-4H2,1-2H3,(H,12,13). The number of carboxylic acid groups (broad SMARTS) is 1. The van der Waals surface area contributed by atoms with E-state index in [0.29, 0.717) is 0 Å². The molecule has 1 fully saturated rings. The molecule has 0 spiro atoms. The van der Waals surface area contributed by atoms with Gasteiger partial charge in [0.25, 0.3) is 0 Å². The Kier molecular flexibility index (Phi) is 2.66. The molecule has 0 aromatic carbocycles. The van der Waals surface area contributed by atoms with E-state index < -0.39 is 23.7 Å². The number of hydrogen-bond donors (Lipinski definition) is 2. The van der Waals surface area contributed by atoms with Gasteiger partial charge in [0.05, 0.1) is 19.8 Å². The molecule has 0 radical (unpaired) electrons. The van der Waals surface area contributed by atoms with Crippen molar-refractivity contribution >= 4 is 12.1 Å². The molecular weight excluding hydrogens is 190 g/mol. The van der Waals surface area contributed by atoms with Gasteiger partial charge in [-0.25, -0.2) is 9.59 Å². The molecule has 0 aromatic heterocycles. The summed E-state index contributed by atoms with van der Waals surface area (Å²) in [5, 5.41) is 18.1. The molecule has 14 heavy (non-hydrogen) atoms. The topological polar surface area (TPSA) is 87.1 Å². The van der Waals surface area contributed by atoms with Crippen molar-refractivity contribution in [1.29, 1.82) is 0 Å². The molecule has 1 heterocycles. The van der Waals surface area contributed by atoms with Crippen LogP contribution in [0.25, 0.3) is 0 Å². The van der Waals surface area contributed by atoms with Crippen molar-refractivity contribution in [3.05, 3.63) is 0 Å². The summed E-state index contributed by atoms with van der Waals surface area (Å²) >= 11 is 0. The van der Waals surface area contributed by atoms with Crippen molar-refractivity contribution in [2.75, 3.05) is 13.7 Å². The molecule has 2 N–H and O–H groups in total. The molecule has 0 aliphatic carbocycles. The van der Waals surface area contributed by atoms with Crippen LogP contribution in [0.2, 0.25) is 0 Å². The molecule has 6 nitrogen and oxygen atoms in total. The summed E-state index contributed by atoms with van der Waals surface area (Å²) < 4.78 is 4.51. The molecule has 1 saturated heterocycles.